The van der Waals surface area contributed by atoms with Crippen LogP contribution in [-0.4, -0.2) is 126 Å². The van der Waals surface area contributed by atoms with Gasteiger partial charge in [-0.1, -0.05) is 84.0 Å². The van der Waals surface area contributed by atoms with E-state index in [1.54, 1.807) is 0 Å². The van der Waals surface area contributed by atoms with E-state index in [1.807, 2.05) is 0 Å². The lowest BCUT2D eigenvalue weighted by atomic mass is 10.0. The highest BCUT2D eigenvalue weighted by Gasteiger charge is 2.18. The first kappa shape index (κ1) is 47.1. The maximum absolute atomic E-state index is 10.6. The van der Waals surface area contributed by atoms with Crippen molar-refractivity contribution in [2.45, 2.75) is 96.8 Å². The summed E-state index contributed by atoms with van der Waals surface area (Å²) in [6.07, 6.45) is 20.4. The number of nitrogens with zero attached hydrogens (tertiary/aromatic N) is 3. The molecule has 7 N–H and O–H groups in total. The average molecular weight is 674 g/mol. The molecular weight excluding hydrogens is 612 g/mol. The summed E-state index contributed by atoms with van der Waals surface area (Å²) in [6, 6.07) is 0. The van der Waals surface area contributed by atoms with Gasteiger partial charge in [0.05, 0.1) is 53.9 Å². The first-order chi connectivity index (χ1) is 18.8. The lowest BCUT2D eigenvalue weighted by Crippen LogP contribution is -3.00. The Balaban J connectivity index is -0.000000328. The molecule has 0 aromatic carbocycles. The highest BCUT2D eigenvalue weighted by molar-refractivity contribution is 5.73. The van der Waals surface area contributed by atoms with Gasteiger partial charge in [0, 0.05) is 13.1 Å². The van der Waals surface area contributed by atoms with E-state index in [1.165, 1.54) is 96.4 Å². The van der Waals surface area contributed by atoms with Crippen LogP contribution in [0.4, 0.5) is 0 Å². The number of carboxylic acid groups (broad SMARTS) is 4. The second kappa shape index (κ2) is 30.7. The molecule has 0 radical (unpaired) electrons. The summed E-state index contributed by atoms with van der Waals surface area (Å²) in [5.74, 6) is -4.91. The van der Waals surface area contributed by atoms with Gasteiger partial charge in [-0.3, -0.25) is 29.0 Å². The van der Waals surface area contributed by atoms with Crippen molar-refractivity contribution in [3.05, 3.63) is 0 Å². The van der Waals surface area contributed by atoms with Gasteiger partial charge in [0.25, 0.3) is 0 Å². The van der Waals surface area contributed by atoms with Gasteiger partial charge < -0.3 is 48.0 Å². The van der Waals surface area contributed by atoms with E-state index in [9.17, 15) is 19.2 Å². The summed E-state index contributed by atoms with van der Waals surface area (Å²) >= 11 is 0. The minimum atomic E-state index is -1.23. The van der Waals surface area contributed by atoms with E-state index < -0.39 is 50.1 Å². The van der Waals surface area contributed by atoms with Crippen molar-refractivity contribution in [2.75, 3.05) is 67.0 Å². The fraction of sp³-hybridized carbons (Fsp3) is 0.862. The molecule has 0 saturated heterocycles. The highest BCUT2D eigenvalue weighted by atomic mass is 79.9. The molecule has 0 aliphatic heterocycles. The van der Waals surface area contributed by atoms with Crippen molar-refractivity contribution in [1.82, 2.24) is 16.0 Å². The fourth-order valence-electron chi connectivity index (χ4n) is 4.26. The lowest BCUT2D eigenvalue weighted by Gasteiger charge is -2.23. The average Bonchev–Trinajstić information content (AvgIpc) is 2.81. The van der Waals surface area contributed by atoms with Crippen LogP contribution in [0.5, 0.6) is 0 Å². The van der Waals surface area contributed by atoms with Crippen LogP contribution in [0.1, 0.15) is 96.8 Å². The summed E-state index contributed by atoms with van der Waals surface area (Å²) in [5, 5.41) is 34.5. The predicted molar refractivity (Wildman–Crippen MR) is 162 cm³/mol. The molecule has 0 amide bonds. The van der Waals surface area contributed by atoms with Crippen LogP contribution < -0.4 is 23.1 Å². The summed E-state index contributed by atoms with van der Waals surface area (Å²) in [6.45, 7) is 1.37. The molecule has 13 heteroatoms. The Bertz CT molecular complexity index is 625. The Kier molecular flexibility index (Phi) is 34.4. The molecule has 0 fully saturated rings. The number of aliphatic carboxylic acids is 4. The number of carbonyl (C=O) groups is 4. The zero-order valence-electron chi connectivity index (χ0n) is 26.7. The van der Waals surface area contributed by atoms with Gasteiger partial charge in [-0.2, -0.15) is 0 Å². The van der Waals surface area contributed by atoms with Crippen molar-refractivity contribution < 1.29 is 61.1 Å². The topological polar surface area (TPSA) is 191 Å². The molecule has 0 atom stereocenters. The zero-order valence-corrected chi connectivity index (χ0v) is 28.3. The standard InChI is InChI=1S/C19H42N.C10H16N2O8.BrH.H3N/c1-5-6-7-8-9-10-11-12-13-14-15-16-17-18-19-20(2,3)4;13-7(14)3-11(4-8(15)16)1-2-12(5-9(17)18)6-10(19)20;;/h5-19H2,1-4H3;1-6H2,(H,13,14)(H,15,16)(H,17,18)(H,19,20);1H;1H3/q+1;;;/p-1. The van der Waals surface area contributed by atoms with E-state index in [4.69, 9.17) is 20.4 Å². The van der Waals surface area contributed by atoms with Crippen molar-refractivity contribution in [2.24, 2.45) is 0 Å². The van der Waals surface area contributed by atoms with E-state index in [2.05, 4.69) is 28.1 Å². The fourth-order valence-corrected chi connectivity index (χ4v) is 4.26. The Labute approximate surface area is 264 Å². The molecule has 0 heterocycles. The van der Waals surface area contributed by atoms with E-state index in [0.29, 0.717) is 0 Å². The minimum Gasteiger partial charge on any atom is -1.00 e. The van der Waals surface area contributed by atoms with Gasteiger partial charge in [-0.05, 0) is 12.8 Å². The maximum atomic E-state index is 10.6. The molecule has 0 bridgehead atoms. The van der Waals surface area contributed by atoms with Crippen LogP contribution in [0.2, 0.25) is 0 Å². The quantitative estimate of drug-likeness (QED) is 0.0657. The first-order valence-corrected chi connectivity index (χ1v) is 14.9. The Morgan fingerprint density at radius 3 is 0.952 bits per heavy atom. The number of rotatable bonds is 26. The van der Waals surface area contributed by atoms with Crippen LogP contribution >= 0.6 is 0 Å². The molecule has 0 unspecified atom stereocenters. The Morgan fingerprint density at radius 2 is 0.738 bits per heavy atom. The molecule has 0 rings (SSSR count). The molecule has 0 aliphatic carbocycles. The summed E-state index contributed by atoms with van der Waals surface area (Å²) in [4.78, 5) is 44.4. The van der Waals surface area contributed by atoms with Crippen LogP contribution in [0.15, 0.2) is 0 Å². The van der Waals surface area contributed by atoms with Crippen molar-refractivity contribution >= 4 is 23.9 Å². The van der Waals surface area contributed by atoms with Crippen LogP contribution in [-0.2, 0) is 19.2 Å². The smallest absolute Gasteiger partial charge is 0.317 e. The highest BCUT2D eigenvalue weighted by Crippen LogP contribution is 2.13. The monoisotopic (exact) mass is 672 g/mol. The Morgan fingerprint density at radius 1 is 0.500 bits per heavy atom. The van der Waals surface area contributed by atoms with Crippen molar-refractivity contribution in [3.8, 4) is 0 Å². The number of hydrogen-bond acceptors (Lipinski definition) is 7. The summed E-state index contributed by atoms with van der Waals surface area (Å²) in [7, 11) is 6.88. The molecule has 0 saturated carbocycles. The number of hydrogen-bond donors (Lipinski definition) is 5. The number of unbranched alkanes of at least 4 members (excludes halogenated alkanes) is 13. The molecule has 252 valence electrons. The third-order valence-corrected chi connectivity index (χ3v) is 6.35. The van der Waals surface area contributed by atoms with Gasteiger partial charge in [0.2, 0.25) is 0 Å². The van der Waals surface area contributed by atoms with Crippen LogP contribution in [0.25, 0.3) is 0 Å². The van der Waals surface area contributed by atoms with Gasteiger partial charge >= 0.3 is 23.9 Å². The van der Waals surface area contributed by atoms with Gasteiger partial charge in [-0.15, -0.1) is 0 Å². The first-order valence-electron chi connectivity index (χ1n) is 14.9. The third kappa shape index (κ3) is 40.3. The SMILES string of the molecule is CCCCCCCCCCCCCCCC[N+](C)(C)C.N.O=C(O)CN(CCN(CC(=O)O)CC(=O)O)CC(=O)O.[Br-]. The molecule has 0 aromatic rings. The molecule has 0 aliphatic rings. The lowest BCUT2D eigenvalue weighted by molar-refractivity contribution is -0.870. The van der Waals surface area contributed by atoms with Crippen LogP contribution in [0.3, 0.4) is 0 Å². The van der Waals surface area contributed by atoms with E-state index >= 15 is 0 Å². The minimum absolute atomic E-state index is 0. The molecular formula is C29H61BrN4O8. The van der Waals surface area contributed by atoms with E-state index in [-0.39, 0.29) is 36.2 Å². The number of quaternary nitrogens is 1. The third-order valence-electron chi connectivity index (χ3n) is 6.35. The second-order valence-electron chi connectivity index (χ2n) is 11.6. The van der Waals surface area contributed by atoms with Gasteiger partial charge in [0.1, 0.15) is 0 Å². The normalized spacial score (nSPS) is 10.8. The molecule has 42 heavy (non-hydrogen) atoms. The Hall–Kier alpha value is -1.80. The molecule has 0 aromatic heterocycles. The second-order valence-corrected chi connectivity index (χ2v) is 11.6. The predicted octanol–water partition coefficient (Wildman–Crippen LogP) is 1.27. The summed E-state index contributed by atoms with van der Waals surface area (Å²) in [5.41, 5.74) is 0. The maximum Gasteiger partial charge on any atom is 0.317 e. The molecule has 0 spiro atoms. The zero-order chi connectivity index (χ0) is 30.8. The van der Waals surface area contributed by atoms with E-state index in [0.717, 1.165) is 14.3 Å². The van der Waals surface area contributed by atoms with Crippen LogP contribution in [0, 0.1) is 0 Å². The van der Waals surface area contributed by atoms with Crippen molar-refractivity contribution in [1.29, 1.82) is 0 Å². The van der Waals surface area contributed by atoms with Gasteiger partial charge in [0.15, 0.2) is 0 Å². The number of carboxylic acids is 4. The largest absolute Gasteiger partial charge is 1.00 e. The van der Waals surface area contributed by atoms with Crippen molar-refractivity contribution in [3.63, 3.8) is 0 Å². The molecule has 12 nitrogen and oxygen atoms in total. The van der Waals surface area contributed by atoms with Gasteiger partial charge in [-0.25, -0.2) is 0 Å². The summed E-state index contributed by atoms with van der Waals surface area (Å²) < 4.78 is 1.12. The number of halogens is 1.